The largest absolute Gasteiger partial charge is 1.00 e. The molecule has 0 aliphatic carbocycles. The van der Waals surface area contributed by atoms with Gasteiger partial charge in [-0.05, 0) is 27.7 Å². The second kappa shape index (κ2) is 19.1. The maximum Gasteiger partial charge on any atom is 1.00 e. The Labute approximate surface area is 303 Å². The number of aliphatic imine (C=N–C) groups is 1. The van der Waals surface area contributed by atoms with Crippen molar-refractivity contribution in [2.75, 3.05) is 13.2 Å². The molecule has 0 unspecified atom stereocenters. The molecule has 32 heavy (non-hydrogen) atoms. The molecule has 2 aliphatic heterocycles. The molecule has 3 rings (SSSR count). The fourth-order valence-electron chi connectivity index (χ4n) is 1.54. The van der Waals surface area contributed by atoms with Crippen molar-refractivity contribution in [3.8, 4) is 0 Å². The van der Waals surface area contributed by atoms with Gasteiger partial charge < -0.3 is 21.4 Å². The van der Waals surface area contributed by atoms with Crippen LogP contribution in [0.5, 0.6) is 0 Å². The van der Waals surface area contributed by atoms with Crippen LogP contribution in [0.4, 0.5) is 5.69 Å². The van der Waals surface area contributed by atoms with E-state index in [0.29, 0.717) is 6.54 Å². The van der Waals surface area contributed by atoms with Crippen molar-refractivity contribution in [2.45, 2.75) is 45.4 Å². The minimum atomic E-state index is -0.917. The minimum Gasteiger partial charge on any atom is -1.00 e. The summed E-state index contributed by atoms with van der Waals surface area (Å²) in [5.74, 6) is 0. The van der Waals surface area contributed by atoms with Crippen LogP contribution in [0.3, 0.4) is 0 Å². The molecule has 0 aromatic carbocycles. The van der Waals surface area contributed by atoms with E-state index in [0.717, 1.165) is 12.8 Å². The Morgan fingerprint density at radius 1 is 1.34 bits per heavy atom. The number of epoxide rings is 1. The van der Waals surface area contributed by atoms with Gasteiger partial charge in [0.1, 0.15) is 12.4 Å². The molecule has 14 nitrogen and oxygen atoms in total. The zero-order chi connectivity index (χ0) is 23.4. The van der Waals surface area contributed by atoms with Crippen LogP contribution in [0.25, 0.3) is 0 Å². The number of nitrogens with zero attached hydrogens (tertiary/aromatic N) is 5. The predicted molar refractivity (Wildman–Crippen MR) is 102 cm³/mol. The van der Waals surface area contributed by atoms with E-state index in [9.17, 15) is 25.3 Å². The SMILES string of the molecule is CC(C)(O)Cn1cc([N+](=O)[O-])cn1.CC1(C)CO1.O=CO[O-].O=[N+]([O-])C1=CCN=C1.[Cs+].[Cs+].[H-]. The number of allylic oxidation sites excluding steroid dienone is 1. The molecule has 16 heteroatoms. The molecule has 1 saturated heterocycles. The van der Waals surface area contributed by atoms with E-state index in [4.69, 9.17) is 14.8 Å². The molecule has 1 fully saturated rings. The summed E-state index contributed by atoms with van der Waals surface area (Å²) in [7, 11) is 0. The van der Waals surface area contributed by atoms with Gasteiger partial charge in [0.15, 0.2) is 0 Å². The normalized spacial score (nSPS) is 14.1. The Bertz CT molecular complexity index is 777. The van der Waals surface area contributed by atoms with E-state index in [2.05, 4.69) is 28.8 Å². The molecule has 0 spiro atoms. The van der Waals surface area contributed by atoms with E-state index < -0.39 is 15.4 Å². The number of aliphatic hydroxyl groups is 1. The molecule has 1 aromatic heterocycles. The monoisotopic (exact) mass is 697 g/mol. The number of ether oxygens (including phenoxy) is 1. The third-order valence-corrected chi connectivity index (χ3v) is 2.98. The van der Waals surface area contributed by atoms with Crippen molar-refractivity contribution in [1.82, 2.24) is 9.78 Å². The fraction of sp³-hybridized carbons (Fsp3) is 0.562. The van der Waals surface area contributed by atoms with Crippen LogP contribution in [-0.2, 0) is 21.0 Å². The van der Waals surface area contributed by atoms with Gasteiger partial charge >= 0.3 is 143 Å². The summed E-state index contributed by atoms with van der Waals surface area (Å²) in [6.45, 7) is 8.84. The first-order valence-corrected chi connectivity index (χ1v) is 8.41. The van der Waals surface area contributed by atoms with Gasteiger partial charge in [-0.25, -0.2) is 0 Å². The zero-order valence-corrected chi connectivity index (χ0v) is 31.5. The topological polar surface area (TPSA) is 199 Å². The average Bonchev–Trinajstić information content (AvgIpc) is 3.08. The molecule has 1 N–H and O–H groups in total. The Balaban J connectivity index is -0.000000182. The Morgan fingerprint density at radius 3 is 2.06 bits per heavy atom. The van der Waals surface area contributed by atoms with Crippen LogP contribution < -0.4 is 143 Å². The number of carbonyl (C=O) groups excluding carboxylic acids is 1. The molecule has 2 aliphatic rings. The fourth-order valence-corrected chi connectivity index (χ4v) is 1.54. The number of carbonyl (C=O) groups is 1. The molecule has 3 heterocycles. The Kier molecular flexibility index (Phi) is 22.3. The standard InChI is InChI=1S/C7H11N3O3.C4H4N2O2.C4H8O.CH2O3.2Cs.H/c1-7(2,11)5-9-4-6(3-8-9)10(12)13;7-6(8)4-1-2-5-3-4;1-4(2)3-5-4;2-1-4-3;;;/h3-4,11H,5H2,1-2H3;1,3H,2H2;3H2,1-2H3;1,3H;;;/q;;;;2*+1;-1/p-1. The van der Waals surface area contributed by atoms with Gasteiger partial charge in [0.05, 0.1) is 47.0 Å². The van der Waals surface area contributed by atoms with Gasteiger partial charge in [0, 0.05) is 6.08 Å². The molecular formula is C16H25Cs2N5O9. The van der Waals surface area contributed by atoms with Crippen molar-refractivity contribution in [1.29, 1.82) is 0 Å². The predicted octanol–water partition coefficient (Wildman–Crippen LogP) is -5.86. The van der Waals surface area contributed by atoms with Crippen molar-refractivity contribution in [3.05, 3.63) is 44.4 Å². The molecular weight excluding hydrogens is 672 g/mol. The summed E-state index contributed by atoms with van der Waals surface area (Å²) < 4.78 is 6.24. The summed E-state index contributed by atoms with van der Waals surface area (Å²) in [6, 6.07) is 0. The molecule has 0 amide bonds. The Hall–Kier alpha value is 0.874. The maximum atomic E-state index is 10.3. The number of nitro groups is 2. The molecule has 0 bridgehead atoms. The van der Waals surface area contributed by atoms with Gasteiger partial charge in [0.2, 0.25) is 0 Å². The van der Waals surface area contributed by atoms with Crippen molar-refractivity contribution < 1.29 is 174 Å². The van der Waals surface area contributed by atoms with Crippen LogP contribution in [0, 0.1) is 20.2 Å². The maximum absolute atomic E-state index is 10.3. The van der Waals surface area contributed by atoms with Gasteiger partial charge in [-0.2, -0.15) is 5.10 Å². The minimum absolute atomic E-state index is 0. The summed E-state index contributed by atoms with van der Waals surface area (Å²) >= 11 is 0. The smallest absolute Gasteiger partial charge is 1.00 e. The summed E-state index contributed by atoms with van der Waals surface area (Å²) in [6.07, 6.45) is 5.18. The second-order valence-electron chi connectivity index (χ2n) is 7.09. The van der Waals surface area contributed by atoms with E-state index >= 15 is 0 Å². The average molecular weight is 697 g/mol. The first kappa shape index (κ1) is 37.4. The van der Waals surface area contributed by atoms with E-state index in [1.807, 2.05) is 0 Å². The zero-order valence-electron chi connectivity index (χ0n) is 20.0. The van der Waals surface area contributed by atoms with Crippen molar-refractivity contribution >= 4 is 18.4 Å². The molecule has 0 atom stereocenters. The van der Waals surface area contributed by atoms with Gasteiger partial charge in [0.25, 0.3) is 12.2 Å². The van der Waals surface area contributed by atoms with Crippen LogP contribution in [0.15, 0.2) is 29.2 Å². The summed E-state index contributed by atoms with van der Waals surface area (Å²) in [5, 5.41) is 41.7. The summed E-state index contributed by atoms with van der Waals surface area (Å²) in [4.78, 5) is 34.0. The van der Waals surface area contributed by atoms with Crippen LogP contribution >= 0.6 is 0 Å². The quantitative estimate of drug-likeness (QED) is 0.102. The van der Waals surface area contributed by atoms with Gasteiger partial charge in [-0.1, -0.05) is 0 Å². The van der Waals surface area contributed by atoms with Gasteiger partial charge in [-0.15, -0.1) is 0 Å². The number of hydrogen-bond acceptors (Lipinski definition) is 11. The second-order valence-corrected chi connectivity index (χ2v) is 7.09. The van der Waals surface area contributed by atoms with Crippen LogP contribution in [0.1, 0.15) is 29.1 Å². The summed E-state index contributed by atoms with van der Waals surface area (Å²) in [5.41, 5.74) is -0.630. The Morgan fingerprint density at radius 2 is 1.84 bits per heavy atom. The third kappa shape index (κ3) is 21.4. The number of rotatable bonds is 5. The first-order valence-electron chi connectivity index (χ1n) is 8.41. The first-order chi connectivity index (χ1) is 13.8. The van der Waals surface area contributed by atoms with Crippen LogP contribution in [0.2, 0.25) is 0 Å². The van der Waals surface area contributed by atoms with Crippen molar-refractivity contribution in [2.24, 2.45) is 4.99 Å². The van der Waals surface area contributed by atoms with E-state index in [1.165, 1.54) is 23.2 Å². The number of hydrogen-bond donors (Lipinski definition) is 1. The number of aromatic nitrogens is 2. The molecule has 0 radical (unpaired) electrons. The van der Waals surface area contributed by atoms with Gasteiger partial charge in [-0.3, -0.25) is 34.7 Å². The molecule has 170 valence electrons. The van der Waals surface area contributed by atoms with Crippen molar-refractivity contribution in [3.63, 3.8) is 0 Å². The van der Waals surface area contributed by atoms with E-state index in [1.54, 1.807) is 13.8 Å². The molecule has 1 aromatic rings. The molecule has 0 saturated carbocycles. The van der Waals surface area contributed by atoms with Crippen LogP contribution in [-0.4, -0.2) is 61.8 Å². The third-order valence-electron chi connectivity index (χ3n) is 2.98. The van der Waals surface area contributed by atoms with E-state index in [-0.39, 0.29) is 169 Å².